The summed E-state index contributed by atoms with van der Waals surface area (Å²) in [5.74, 6) is 0. The molecule has 2 aliphatic rings. The van der Waals surface area contributed by atoms with Gasteiger partial charge in [-0.1, -0.05) is 0 Å². The topological polar surface area (TPSA) is 221 Å². The van der Waals surface area contributed by atoms with Crippen LogP contribution in [0.5, 0.6) is 0 Å². The zero-order valence-corrected chi connectivity index (χ0v) is 13.7. The van der Waals surface area contributed by atoms with Gasteiger partial charge in [-0.2, -0.15) is 0 Å². The molecule has 0 aliphatic carbocycles. The predicted molar refractivity (Wildman–Crippen MR) is 80.7 cm³/mol. The van der Waals surface area contributed by atoms with Gasteiger partial charge in [-0.15, -0.1) is 0 Å². The summed E-state index contributed by atoms with van der Waals surface area (Å²) in [6.45, 7) is -0.854. The van der Waals surface area contributed by atoms with Gasteiger partial charge in [-0.25, -0.2) is 0 Å². The minimum atomic E-state index is -1.35. The zero-order valence-electron chi connectivity index (χ0n) is 13.7. The van der Waals surface area contributed by atoms with Gasteiger partial charge in [-0.3, -0.25) is 0 Å². The third-order valence-electron chi connectivity index (χ3n) is 4.11. The minimum Gasteiger partial charge on any atom is -0.394 e. The quantitative estimate of drug-likeness (QED) is 0.226. The average molecular weight is 372 g/mol. The number of ether oxygens (including phenoxy) is 3. The van der Waals surface area contributed by atoms with E-state index in [4.69, 9.17) is 41.0 Å². The third kappa shape index (κ3) is 5.26. The van der Waals surface area contributed by atoms with E-state index in [2.05, 4.69) is 0 Å². The van der Waals surface area contributed by atoms with Crippen LogP contribution in [-0.4, -0.2) is 117 Å². The van der Waals surface area contributed by atoms with Crippen LogP contribution in [0.1, 0.15) is 0 Å². The molecule has 2 rings (SSSR count). The van der Waals surface area contributed by atoms with E-state index in [0.717, 1.165) is 0 Å². The van der Waals surface area contributed by atoms with Crippen molar-refractivity contribution in [1.29, 1.82) is 0 Å². The molecule has 0 aromatic carbocycles. The summed E-state index contributed by atoms with van der Waals surface area (Å²) < 4.78 is 14.6. The number of aliphatic hydroxyl groups excluding tert-OH is 7. The van der Waals surface area contributed by atoms with Crippen molar-refractivity contribution < 1.29 is 50.0 Å². The van der Waals surface area contributed by atoms with Crippen LogP contribution < -0.4 is 11.5 Å². The molecule has 25 heavy (non-hydrogen) atoms. The first-order valence-electron chi connectivity index (χ1n) is 7.66. The van der Waals surface area contributed by atoms with Crippen LogP contribution in [0.2, 0.25) is 0 Å². The zero-order chi connectivity index (χ0) is 19.3. The molecule has 150 valence electrons. The summed E-state index contributed by atoms with van der Waals surface area (Å²) in [6.07, 6.45) is -8.81. The molecular formula is C13H28N2O10. The summed E-state index contributed by atoms with van der Waals surface area (Å²) in [5.41, 5.74) is 10.8. The SMILES string of the molecule is COC1O[C@H](CO)[C@@H](O)[C@H](O)[C@H]1N.N[C@H]1C(O)O[C@H](CO)[C@@H](O)[C@@H]1O. The van der Waals surface area contributed by atoms with E-state index in [1.54, 1.807) is 0 Å². The van der Waals surface area contributed by atoms with Gasteiger partial charge in [0.2, 0.25) is 0 Å². The van der Waals surface area contributed by atoms with E-state index < -0.39 is 67.9 Å². The molecule has 0 aromatic heterocycles. The van der Waals surface area contributed by atoms with Crippen LogP contribution in [-0.2, 0) is 14.2 Å². The summed E-state index contributed by atoms with van der Waals surface area (Å²) >= 11 is 0. The Morgan fingerprint density at radius 3 is 1.64 bits per heavy atom. The molecule has 2 unspecified atom stereocenters. The van der Waals surface area contributed by atoms with Crippen molar-refractivity contribution in [2.45, 2.75) is 61.3 Å². The Kier molecular flexibility index (Phi) is 9.03. The second-order valence-electron chi connectivity index (χ2n) is 5.83. The maximum atomic E-state index is 9.40. The number of hydrogen-bond donors (Lipinski definition) is 9. The molecule has 0 aromatic rings. The maximum Gasteiger partial charge on any atom is 0.175 e. The molecular weight excluding hydrogens is 344 g/mol. The highest BCUT2D eigenvalue weighted by molar-refractivity contribution is 4.91. The van der Waals surface area contributed by atoms with Crippen LogP contribution in [0.25, 0.3) is 0 Å². The fraction of sp³-hybridized carbons (Fsp3) is 1.00. The maximum absolute atomic E-state index is 9.40. The minimum absolute atomic E-state index is 0.384. The highest BCUT2D eigenvalue weighted by Crippen LogP contribution is 2.20. The largest absolute Gasteiger partial charge is 0.394 e. The van der Waals surface area contributed by atoms with E-state index in [9.17, 15) is 20.4 Å². The monoisotopic (exact) mass is 372 g/mol. The summed E-state index contributed by atoms with van der Waals surface area (Å²) in [7, 11) is 1.38. The molecule has 0 amide bonds. The lowest BCUT2D eigenvalue weighted by atomic mass is 9.98. The molecule has 2 aliphatic heterocycles. The van der Waals surface area contributed by atoms with Crippen molar-refractivity contribution in [3.8, 4) is 0 Å². The Morgan fingerprint density at radius 2 is 1.20 bits per heavy atom. The predicted octanol–water partition coefficient (Wildman–Crippen LogP) is -5.86. The molecule has 0 saturated carbocycles. The lowest BCUT2D eigenvalue weighted by Gasteiger charge is -2.39. The molecule has 12 heteroatoms. The van der Waals surface area contributed by atoms with Crippen molar-refractivity contribution in [3.05, 3.63) is 0 Å². The van der Waals surface area contributed by atoms with Crippen molar-refractivity contribution in [1.82, 2.24) is 0 Å². The number of hydrogen-bond acceptors (Lipinski definition) is 12. The van der Waals surface area contributed by atoms with E-state index >= 15 is 0 Å². The van der Waals surface area contributed by atoms with Crippen LogP contribution in [0, 0.1) is 0 Å². The fourth-order valence-electron chi connectivity index (χ4n) is 2.43. The Balaban J connectivity index is 0.000000251. The molecule has 2 heterocycles. The van der Waals surface area contributed by atoms with Crippen LogP contribution in [0.4, 0.5) is 0 Å². The standard InChI is InChI=1S/C7H15NO5.C6H13NO5/c1-12-7-4(8)6(11)5(10)3(2-9)13-7;7-3-5(10)4(9)2(1-8)12-6(3)11/h3-7,9-11H,2,8H2,1H3;2-6,8-11H,1,7H2/t3-,4-,5-,6-,7?;2-,3-,4-,5-,6?/m11/s1. The lowest BCUT2D eigenvalue weighted by Crippen LogP contribution is -2.62. The first kappa shape index (κ1) is 22.6. The smallest absolute Gasteiger partial charge is 0.175 e. The van der Waals surface area contributed by atoms with Crippen LogP contribution in [0.15, 0.2) is 0 Å². The summed E-state index contributed by atoms with van der Waals surface area (Å²) in [4.78, 5) is 0. The van der Waals surface area contributed by atoms with Gasteiger partial charge in [0.05, 0.1) is 25.3 Å². The first-order chi connectivity index (χ1) is 11.7. The number of rotatable bonds is 3. The number of nitrogens with two attached hydrogens (primary N) is 2. The molecule has 0 bridgehead atoms. The van der Waals surface area contributed by atoms with Gasteiger partial charge in [0.1, 0.15) is 36.6 Å². The second kappa shape index (κ2) is 10.0. The number of aliphatic hydroxyl groups is 7. The van der Waals surface area contributed by atoms with Gasteiger partial charge >= 0.3 is 0 Å². The molecule has 11 N–H and O–H groups in total. The van der Waals surface area contributed by atoms with Gasteiger partial charge in [0, 0.05) is 7.11 Å². The van der Waals surface area contributed by atoms with Crippen molar-refractivity contribution in [2.75, 3.05) is 20.3 Å². The van der Waals surface area contributed by atoms with E-state index in [1.807, 2.05) is 0 Å². The van der Waals surface area contributed by atoms with Crippen molar-refractivity contribution >= 4 is 0 Å². The molecule has 10 atom stereocenters. The highest BCUT2D eigenvalue weighted by atomic mass is 16.7. The van der Waals surface area contributed by atoms with E-state index in [-0.39, 0.29) is 6.61 Å². The van der Waals surface area contributed by atoms with Gasteiger partial charge in [-0.05, 0) is 0 Å². The highest BCUT2D eigenvalue weighted by Gasteiger charge is 2.42. The van der Waals surface area contributed by atoms with Crippen LogP contribution >= 0.6 is 0 Å². The fourth-order valence-corrected chi connectivity index (χ4v) is 2.43. The Labute approximate surface area is 144 Å². The second-order valence-corrected chi connectivity index (χ2v) is 5.83. The average Bonchev–Trinajstić information content (AvgIpc) is 2.62. The van der Waals surface area contributed by atoms with Crippen molar-refractivity contribution in [2.24, 2.45) is 11.5 Å². The number of methoxy groups -OCH3 is 1. The first-order valence-corrected chi connectivity index (χ1v) is 7.66. The van der Waals surface area contributed by atoms with E-state index in [0.29, 0.717) is 0 Å². The lowest BCUT2D eigenvalue weighted by molar-refractivity contribution is -0.257. The Bertz CT molecular complexity index is 367. The van der Waals surface area contributed by atoms with E-state index in [1.165, 1.54) is 7.11 Å². The molecule has 0 spiro atoms. The van der Waals surface area contributed by atoms with Gasteiger partial charge in [0.15, 0.2) is 12.6 Å². The van der Waals surface area contributed by atoms with Gasteiger partial charge in [0.25, 0.3) is 0 Å². The summed E-state index contributed by atoms with van der Waals surface area (Å²) in [5, 5.41) is 63.6. The molecule has 2 fully saturated rings. The Morgan fingerprint density at radius 1 is 0.760 bits per heavy atom. The molecule has 12 nitrogen and oxygen atoms in total. The normalized spacial score (nSPS) is 47.8. The summed E-state index contributed by atoms with van der Waals surface area (Å²) in [6, 6.07) is -1.84. The van der Waals surface area contributed by atoms with Crippen LogP contribution in [0.3, 0.4) is 0 Å². The molecule has 0 radical (unpaired) electrons. The third-order valence-corrected chi connectivity index (χ3v) is 4.11. The molecule has 2 saturated heterocycles. The Hall–Kier alpha value is -0.480. The van der Waals surface area contributed by atoms with Crippen molar-refractivity contribution in [3.63, 3.8) is 0 Å². The van der Waals surface area contributed by atoms with Gasteiger partial charge < -0.3 is 61.4 Å².